The van der Waals surface area contributed by atoms with Crippen molar-refractivity contribution in [1.29, 1.82) is 0 Å². The van der Waals surface area contributed by atoms with Crippen LogP contribution in [0, 0.1) is 0 Å². The molecule has 17 heavy (non-hydrogen) atoms. The minimum Gasteiger partial charge on any atom is -0.368 e. The number of rotatable bonds is 2. The minimum atomic E-state index is 0.755. The largest absolute Gasteiger partial charge is 0.368 e. The van der Waals surface area contributed by atoms with Crippen molar-refractivity contribution in [2.24, 2.45) is 0 Å². The molecule has 0 spiro atoms. The zero-order valence-electron chi connectivity index (χ0n) is 9.77. The Labute approximate surface area is 107 Å². The number of halogens is 1. The molecule has 1 N–H and O–H groups in total. The number of nitrogens with zero attached hydrogens (tertiary/aromatic N) is 3. The van der Waals surface area contributed by atoms with Crippen molar-refractivity contribution in [2.75, 3.05) is 44.2 Å². The molecule has 0 unspecified atom stereocenters. The average molecular weight is 253 g/mol. The van der Waals surface area contributed by atoms with Crippen LogP contribution in [0.1, 0.15) is 0 Å². The Morgan fingerprint density at radius 3 is 2.59 bits per heavy atom. The Morgan fingerprint density at radius 1 is 1.24 bits per heavy atom. The lowest BCUT2D eigenvalue weighted by Crippen LogP contribution is -2.61. The van der Waals surface area contributed by atoms with Gasteiger partial charge in [-0.25, -0.2) is 0 Å². The molecule has 0 aromatic carbocycles. The van der Waals surface area contributed by atoms with Crippen LogP contribution >= 0.6 is 11.6 Å². The van der Waals surface area contributed by atoms with Crippen LogP contribution in [-0.2, 0) is 0 Å². The Morgan fingerprint density at radius 2 is 2.00 bits per heavy atom. The van der Waals surface area contributed by atoms with E-state index in [1.54, 1.807) is 6.20 Å². The van der Waals surface area contributed by atoms with Crippen LogP contribution < -0.4 is 10.2 Å². The van der Waals surface area contributed by atoms with Gasteiger partial charge in [0, 0.05) is 57.7 Å². The lowest BCUT2D eigenvalue weighted by Gasteiger charge is -2.44. The van der Waals surface area contributed by atoms with Crippen molar-refractivity contribution in [3.05, 3.63) is 23.5 Å². The fourth-order valence-electron chi connectivity index (χ4n) is 2.48. The van der Waals surface area contributed by atoms with Crippen molar-refractivity contribution in [2.45, 2.75) is 6.04 Å². The third kappa shape index (κ3) is 2.25. The molecule has 2 aliphatic heterocycles. The van der Waals surface area contributed by atoms with Gasteiger partial charge in [0.15, 0.2) is 0 Å². The van der Waals surface area contributed by atoms with E-state index in [1.807, 2.05) is 12.3 Å². The quantitative estimate of drug-likeness (QED) is 0.845. The summed E-state index contributed by atoms with van der Waals surface area (Å²) in [6.07, 6.45) is 3.53. The molecule has 3 heterocycles. The van der Waals surface area contributed by atoms with E-state index in [4.69, 9.17) is 11.6 Å². The predicted octanol–water partition coefficient (Wildman–Crippen LogP) is 0.829. The van der Waals surface area contributed by atoms with Crippen LogP contribution in [0.3, 0.4) is 0 Å². The first kappa shape index (κ1) is 11.3. The summed E-state index contributed by atoms with van der Waals surface area (Å²) in [5.74, 6) is 0. The van der Waals surface area contributed by atoms with Crippen LogP contribution in [-0.4, -0.2) is 55.2 Å². The van der Waals surface area contributed by atoms with Gasteiger partial charge in [-0.2, -0.15) is 0 Å². The smallest absolute Gasteiger partial charge is 0.0822 e. The van der Waals surface area contributed by atoms with Crippen molar-refractivity contribution in [3.63, 3.8) is 0 Å². The Hall–Kier alpha value is -0.840. The monoisotopic (exact) mass is 252 g/mol. The van der Waals surface area contributed by atoms with Crippen molar-refractivity contribution >= 4 is 17.3 Å². The number of anilines is 1. The van der Waals surface area contributed by atoms with Crippen molar-refractivity contribution < 1.29 is 0 Å². The van der Waals surface area contributed by atoms with Crippen LogP contribution in [0.4, 0.5) is 5.69 Å². The zero-order valence-corrected chi connectivity index (χ0v) is 10.5. The first-order chi connectivity index (χ1) is 8.34. The molecule has 0 amide bonds. The number of hydrogen-bond acceptors (Lipinski definition) is 4. The summed E-state index contributed by atoms with van der Waals surface area (Å²) in [7, 11) is 0. The number of aromatic nitrogens is 1. The lowest BCUT2D eigenvalue weighted by molar-refractivity contribution is 0.138. The van der Waals surface area contributed by atoms with Crippen LogP contribution in [0.25, 0.3) is 0 Å². The van der Waals surface area contributed by atoms with Gasteiger partial charge in [0.05, 0.1) is 10.7 Å². The van der Waals surface area contributed by atoms with Crippen LogP contribution in [0.5, 0.6) is 0 Å². The van der Waals surface area contributed by atoms with Gasteiger partial charge in [-0.1, -0.05) is 11.6 Å². The maximum Gasteiger partial charge on any atom is 0.0822 e. The first-order valence-electron chi connectivity index (χ1n) is 6.14. The highest BCUT2D eigenvalue weighted by Crippen LogP contribution is 2.25. The van der Waals surface area contributed by atoms with Crippen molar-refractivity contribution in [1.82, 2.24) is 15.2 Å². The van der Waals surface area contributed by atoms with Gasteiger partial charge in [0.25, 0.3) is 0 Å². The molecule has 3 rings (SSSR count). The summed E-state index contributed by atoms with van der Waals surface area (Å²) in [6.45, 7) is 6.67. The maximum absolute atomic E-state index is 6.17. The second-order valence-corrected chi connectivity index (χ2v) is 5.07. The standard InChI is InChI=1S/C12H17ClN4/c13-11-9-14-2-1-12(11)17-5-3-16(4-6-17)10-7-15-8-10/h1-2,9-10,15H,3-8H2. The second kappa shape index (κ2) is 4.80. The summed E-state index contributed by atoms with van der Waals surface area (Å²) in [6, 6.07) is 2.76. The summed E-state index contributed by atoms with van der Waals surface area (Å²) in [4.78, 5) is 8.95. The highest BCUT2D eigenvalue weighted by atomic mass is 35.5. The molecule has 2 aliphatic rings. The predicted molar refractivity (Wildman–Crippen MR) is 69.7 cm³/mol. The molecule has 0 radical (unpaired) electrons. The molecular formula is C12H17ClN4. The van der Waals surface area contributed by atoms with Crippen LogP contribution in [0.15, 0.2) is 18.5 Å². The highest BCUT2D eigenvalue weighted by molar-refractivity contribution is 6.33. The summed E-state index contributed by atoms with van der Waals surface area (Å²) < 4.78 is 0. The fourth-order valence-corrected chi connectivity index (χ4v) is 2.72. The molecule has 1 aromatic rings. The number of nitrogens with one attached hydrogen (secondary N) is 1. The highest BCUT2D eigenvalue weighted by Gasteiger charge is 2.28. The molecule has 0 saturated carbocycles. The molecule has 0 bridgehead atoms. The van der Waals surface area contributed by atoms with E-state index in [0.29, 0.717) is 0 Å². The Balaban J connectivity index is 1.63. The second-order valence-electron chi connectivity index (χ2n) is 4.66. The van der Waals surface area contributed by atoms with E-state index in [9.17, 15) is 0 Å². The van der Waals surface area contributed by atoms with E-state index in [-0.39, 0.29) is 0 Å². The van der Waals surface area contributed by atoms with Gasteiger partial charge in [-0.05, 0) is 6.07 Å². The number of piperazine rings is 1. The molecule has 2 fully saturated rings. The van der Waals surface area contributed by atoms with E-state index >= 15 is 0 Å². The van der Waals surface area contributed by atoms with Crippen LogP contribution in [0.2, 0.25) is 5.02 Å². The number of pyridine rings is 1. The Kier molecular flexibility index (Phi) is 3.18. The molecule has 5 heteroatoms. The molecule has 1 aromatic heterocycles. The van der Waals surface area contributed by atoms with Gasteiger partial charge >= 0.3 is 0 Å². The van der Waals surface area contributed by atoms with E-state index < -0.39 is 0 Å². The SMILES string of the molecule is Clc1cnccc1N1CCN(C2CNC2)CC1. The van der Waals surface area contributed by atoms with Gasteiger partial charge in [0.1, 0.15) is 0 Å². The van der Waals surface area contributed by atoms with E-state index in [1.165, 1.54) is 0 Å². The normalized spacial score (nSPS) is 22.5. The molecule has 0 aliphatic carbocycles. The van der Waals surface area contributed by atoms with E-state index in [0.717, 1.165) is 56.0 Å². The fraction of sp³-hybridized carbons (Fsp3) is 0.583. The third-order valence-electron chi connectivity index (χ3n) is 3.68. The maximum atomic E-state index is 6.17. The molecule has 0 atom stereocenters. The molecule has 92 valence electrons. The summed E-state index contributed by atoms with van der Waals surface area (Å²) in [5, 5.41) is 4.08. The average Bonchev–Trinajstić information content (AvgIpc) is 2.29. The minimum absolute atomic E-state index is 0.755. The number of hydrogen-bond donors (Lipinski definition) is 1. The topological polar surface area (TPSA) is 31.4 Å². The first-order valence-corrected chi connectivity index (χ1v) is 6.51. The van der Waals surface area contributed by atoms with Gasteiger partial charge < -0.3 is 10.2 Å². The third-order valence-corrected chi connectivity index (χ3v) is 3.97. The zero-order chi connectivity index (χ0) is 11.7. The molecule has 2 saturated heterocycles. The van der Waals surface area contributed by atoms with Gasteiger partial charge in [-0.15, -0.1) is 0 Å². The van der Waals surface area contributed by atoms with Gasteiger partial charge in [-0.3, -0.25) is 9.88 Å². The molecule has 4 nitrogen and oxygen atoms in total. The van der Waals surface area contributed by atoms with Crippen molar-refractivity contribution in [3.8, 4) is 0 Å². The van der Waals surface area contributed by atoms with E-state index in [2.05, 4.69) is 20.1 Å². The Bertz CT molecular complexity index is 386. The molecular weight excluding hydrogens is 236 g/mol. The van der Waals surface area contributed by atoms with Gasteiger partial charge in [0.2, 0.25) is 0 Å². The lowest BCUT2D eigenvalue weighted by atomic mass is 10.1. The summed E-state index contributed by atoms with van der Waals surface area (Å²) >= 11 is 6.17. The summed E-state index contributed by atoms with van der Waals surface area (Å²) in [5.41, 5.74) is 1.12.